The second kappa shape index (κ2) is 10.3. The van der Waals surface area contributed by atoms with Crippen LogP contribution in [0.1, 0.15) is 29.8 Å². The number of phenolic OH excluding ortho intramolecular Hbond substituents is 1. The number of benzene rings is 3. The van der Waals surface area contributed by atoms with Crippen molar-refractivity contribution in [3.8, 4) is 40.1 Å². The van der Waals surface area contributed by atoms with Crippen LogP contribution in [0.15, 0.2) is 59.1 Å². The molecule has 0 bridgehead atoms. The Morgan fingerprint density at radius 1 is 1.00 bits per heavy atom. The predicted octanol–water partition coefficient (Wildman–Crippen LogP) is 4.24. The summed E-state index contributed by atoms with van der Waals surface area (Å²) in [5.74, 6) is -6.03. The molecule has 38 heavy (non-hydrogen) atoms. The molecule has 0 aliphatic carbocycles. The molecule has 0 aliphatic rings. The van der Waals surface area contributed by atoms with Gasteiger partial charge in [0, 0.05) is 25.0 Å². The molecule has 12 nitrogen and oxygen atoms in total. The molecule has 0 spiro atoms. The van der Waals surface area contributed by atoms with Crippen molar-refractivity contribution in [2.24, 2.45) is 0 Å². The number of nitro benzene ring substituents is 1. The van der Waals surface area contributed by atoms with Gasteiger partial charge in [0.1, 0.15) is 5.56 Å². The molecule has 192 valence electrons. The average Bonchev–Trinajstić information content (AvgIpc) is 3.36. The third-order valence-electron chi connectivity index (χ3n) is 5.04. The van der Waals surface area contributed by atoms with E-state index in [4.69, 9.17) is 14.0 Å². The summed E-state index contributed by atoms with van der Waals surface area (Å²) >= 11 is 0. The lowest BCUT2D eigenvalue weighted by atomic mass is 9.95. The van der Waals surface area contributed by atoms with Gasteiger partial charge in [-0.25, -0.2) is 4.39 Å². The highest BCUT2D eigenvalue weighted by molar-refractivity contribution is 6.16. The van der Waals surface area contributed by atoms with Crippen LogP contribution in [0.3, 0.4) is 0 Å². The van der Waals surface area contributed by atoms with Crippen LogP contribution in [-0.4, -0.2) is 37.9 Å². The Hall–Kier alpha value is -5.46. The lowest BCUT2D eigenvalue weighted by Gasteiger charge is -2.12. The van der Waals surface area contributed by atoms with Gasteiger partial charge in [0.15, 0.2) is 17.3 Å². The number of nitrogens with zero attached hydrogens (tertiary/aromatic N) is 3. The summed E-state index contributed by atoms with van der Waals surface area (Å²) in [5.41, 5.74) is -1.79. The summed E-state index contributed by atoms with van der Waals surface area (Å²) < 4.78 is 29.0. The summed E-state index contributed by atoms with van der Waals surface area (Å²) in [6.07, 6.45) is 0. The molecule has 0 amide bonds. The molecule has 4 rings (SSSR count). The standard InChI is InChI=1S/C25H16FN3O9/c1-12(30)36-18-10-15(8-9-17(18)26)24-27-25(38-28-24)16-11-19(37-13(2)31)23(33)21(29(34)35)20(16)22(32)14-6-4-3-5-7-14/h3-11,33H,1-2H3. The molecule has 0 radical (unpaired) electrons. The lowest BCUT2D eigenvalue weighted by Crippen LogP contribution is -2.10. The third kappa shape index (κ3) is 5.06. The van der Waals surface area contributed by atoms with E-state index in [1.807, 2.05) is 0 Å². The normalized spacial score (nSPS) is 10.6. The van der Waals surface area contributed by atoms with Gasteiger partial charge in [0.25, 0.3) is 5.89 Å². The van der Waals surface area contributed by atoms with E-state index in [2.05, 4.69) is 10.1 Å². The zero-order valence-electron chi connectivity index (χ0n) is 19.6. The Morgan fingerprint density at radius 2 is 1.66 bits per heavy atom. The average molecular weight is 521 g/mol. The van der Waals surface area contributed by atoms with Crippen molar-refractivity contribution >= 4 is 23.4 Å². The van der Waals surface area contributed by atoms with Crippen LogP contribution in [0.2, 0.25) is 0 Å². The van der Waals surface area contributed by atoms with Crippen LogP contribution in [0.25, 0.3) is 22.8 Å². The van der Waals surface area contributed by atoms with Crippen LogP contribution >= 0.6 is 0 Å². The summed E-state index contributed by atoms with van der Waals surface area (Å²) in [7, 11) is 0. The summed E-state index contributed by atoms with van der Waals surface area (Å²) in [6.45, 7) is 2.09. The summed E-state index contributed by atoms with van der Waals surface area (Å²) in [5, 5.41) is 26.3. The highest BCUT2D eigenvalue weighted by Gasteiger charge is 2.35. The first-order valence-corrected chi connectivity index (χ1v) is 10.7. The van der Waals surface area contributed by atoms with Crippen LogP contribution in [0, 0.1) is 15.9 Å². The van der Waals surface area contributed by atoms with E-state index in [0.29, 0.717) is 0 Å². The quantitative estimate of drug-likeness (QED) is 0.121. The Balaban J connectivity index is 1.94. The summed E-state index contributed by atoms with van der Waals surface area (Å²) in [4.78, 5) is 51.4. The second-order valence-electron chi connectivity index (χ2n) is 7.70. The number of carbonyl (C=O) groups excluding carboxylic acids is 3. The molecule has 13 heteroatoms. The van der Waals surface area contributed by atoms with E-state index >= 15 is 0 Å². The minimum absolute atomic E-state index is 0.0424. The van der Waals surface area contributed by atoms with Crippen molar-refractivity contribution in [2.75, 3.05) is 0 Å². The molecule has 0 fully saturated rings. The third-order valence-corrected chi connectivity index (χ3v) is 5.04. The largest absolute Gasteiger partial charge is 0.499 e. The molecular formula is C25H16FN3O9. The maximum atomic E-state index is 14.0. The Bertz CT molecular complexity index is 1600. The van der Waals surface area contributed by atoms with Crippen molar-refractivity contribution in [1.29, 1.82) is 0 Å². The van der Waals surface area contributed by atoms with Crippen molar-refractivity contribution in [2.45, 2.75) is 13.8 Å². The number of aromatic nitrogens is 2. The molecule has 3 aromatic carbocycles. The van der Waals surface area contributed by atoms with Gasteiger partial charge >= 0.3 is 17.6 Å². The molecule has 1 heterocycles. The molecular weight excluding hydrogens is 505 g/mol. The minimum Gasteiger partial charge on any atom is -0.499 e. The number of ketones is 1. The van der Waals surface area contributed by atoms with E-state index < -0.39 is 62.9 Å². The number of nitro groups is 1. The van der Waals surface area contributed by atoms with Crippen LogP contribution in [0.5, 0.6) is 17.2 Å². The predicted molar refractivity (Wildman–Crippen MR) is 126 cm³/mol. The minimum atomic E-state index is -1.06. The lowest BCUT2D eigenvalue weighted by molar-refractivity contribution is -0.386. The number of ether oxygens (including phenoxy) is 2. The highest BCUT2D eigenvalue weighted by Crippen LogP contribution is 2.45. The number of carbonyl (C=O) groups is 3. The first-order chi connectivity index (χ1) is 18.1. The molecule has 1 aromatic heterocycles. The number of aromatic hydroxyl groups is 1. The molecule has 0 saturated heterocycles. The van der Waals surface area contributed by atoms with Gasteiger partial charge in [0.2, 0.25) is 17.4 Å². The van der Waals surface area contributed by atoms with Gasteiger partial charge in [0.05, 0.1) is 10.5 Å². The number of halogens is 1. The monoisotopic (exact) mass is 521 g/mol. The highest BCUT2D eigenvalue weighted by atomic mass is 19.1. The first kappa shape index (κ1) is 25.6. The first-order valence-electron chi connectivity index (χ1n) is 10.7. The van der Waals surface area contributed by atoms with Gasteiger partial charge in [-0.05, 0) is 24.3 Å². The number of rotatable bonds is 7. The zero-order valence-corrected chi connectivity index (χ0v) is 19.6. The molecule has 0 aliphatic heterocycles. The van der Waals surface area contributed by atoms with Gasteiger partial charge in [-0.2, -0.15) is 4.98 Å². The molecule has 0 unspecified atom stereocenters. The Kier molecular flexibility index (Phi) is 6.92. The van der Waals surface area contributed by atoms with E-state index in [-0.39, 0.29) is 22.5 Å². The van der Waals surface area contributed by atoms with Crippen molar-refractivity contribution in [3.63, 3.8) is 0 Å². The fourth-order valence-electron chi connectivity index (χ4n) is 3.50. The fraction of sp³-hybridized carbons (Fsp3) is 0.0800. The SMILES string of the molecule is CC(=O)Oc1cc(-c2noc(-c3cc(OC(C)=O)c(O)c([N+](=O)[O-])c3C(=O)c3ccccc3)n2)ccc1F. The molecule has 1 N–H and O–H groups in total. The number of phenols is 1. The van der Waals surface area contributed by atoms with Crippen molar-refractivity contribution in [1.82, 2.24) is 10.1 Å². The molecule has 0 saturated carbocycles. The van der Waals surface area contributed by atoms with Crippen LogP contribution in [-0.2, 0) is 9.59 Å². The zero-order chi connectivity index (χ0) is 27.6. The summed E-state index contributed by atoms with van der Waals surface area (Å²) in [6, 6.07) is 11.9. The van der Waals surface area contributed by atoms with Crippen molar-refractivity contribution in [3.05, 3.63) is 81.7 Å². The fourth-order valence-corrected chi connectivity index (χ4v) is 3.50. The smallest absolute Gasteiger partial charge is 0.326 e. The van der Waals surface area contributed by atoms with Gasteiger partial charge in [-0.1, -0.05) is 35.5 Å². The number of hydrogen-bond donors (Lipinski definition) is 1. The van der Waals surface area contributed by atoms with Crippen LogP contribution in [0.4, 0.5) is 10.1 Å². The number of esters is 2. The van der Waals surface area contributed by atoms with E-state index in [1.165, 1.54) is 30.3 Å². The number of hydrogen-bond acceptors (Lipinski definition) is 11. The maximum absolute atomic E-state index is 14.0. The van der Waals surface area contributed by atoms with Gasteiger partial charge in [-0.3, -0.25) is 24.5 Å². The molecule has 4 aromatic rings. The topological polar surface area (TPSA) is 172 Å². The maximum Gasteiger partial charge on any atom is 0.326 e. The van der Waals surface area contributed by atoms with E-state index in [9.17, 15) is 34.0 Å². The van der Waals surface area contributed by atoms with Gasteiger partial charge < -0.3 is 19.1 Å². The van der Waals surface area contributed by atoms with Crippen LogP contribution < -0.4 is 9.47 Å². The van der Waals surface area contributed by atoms with Crippen molar-refractivity contribution < 1.29 is 42.8 Å². The second-order valence-corrected chi connectivity index (χ2v) is 7.70. The van der Waals surface area contributed by atoms with Gasteiger partial charge in [-0.15, -0.1) is 0 Å². The Labute approximate surface area is 212 Å². The Morgan fingerprint density at radius 3 is 2.29 bits per heavy atom. The molecule has 0 atom stereocenters. The van der Waals surface area contributed by atoms with E-state index in [1.54, 1.807) is 6.07 Å². The van der Waals surface area contributed by atoms with E-state index in [0.717, 1.165) is 32.0 Å².